The van der Waals surface area contributed by atoms with Gasteiger partial charge < -0.3 is 4.74 Å². The summed E-state index contributed by atoms with van der Waals surface area (Å²) in [5, 5.41) is 0. The van der Waals surface area contributed by atoms with Gasteiger partial charge in [-0.05, 0) is 19.3 Å². The van der Waals surface area contributed by atoms with Crippen LogP contribution in [0.2, 0.25) is 0 Å². The van der Waals surface area contributed by atoms with E-state index in [-0.39, 0.29) is 11.9 Å². The number of ether oxygens (including phenoxy) is 1. The molecule has 0 radical (unpaired) electrons. The van der Waals surface area contributed by atoms with Crippen molar-refractivity contribution in [1.82, 2.24) is 0 Å². The molecule has 0 saturated heterocycles. The lowest BCUT2D eigenvalue weighted by atomic mass is 10.0. The smallest absolute Gasteiger partial charge is 0.308 e. The van der Waals surface area contributed by atoms with Gasteiger partial charge in [0.25, 0.3) is 0 Å². The van der Waals surface area contributed by atoms with E-state index in [1.165, 1.54) is 51.4 Å². The van der Waals surface area contributed by atoms with Gasteiger partial charge in [0.2, 0.25) is 0 Å². The summed E-state index contributed by atoms with van der Waals surface area (Å²) < 4.78 is 5.37. The quantitative estimate of drug-likeness (QED) is 0.294. The topological polar surface area (TPSA) is 26.3 Å². The summed E-state index contributed by atoms with van der Waals surface area (Å²) in [6.45, 7) is 7.07. The van der Waals surface area contributed by atoms with Crippen LogP contribution in [-0.2, 0) is 9.53 Å². The molecule has 0 aromatic carbocycles. The van der Waals surface area contributed by atoms with Crippen molar-refractivity contribution in [3.05, 3.63) is 0 Å². The molecule has 0 amide bonds. The molecule has 0 saturated carbocycles. The fraction of sp³-hybridized carbons (Fsp3) is 0.944. The average Bonchev–Trinajstić information content (AvgIpc) is 2.46. The van der Waals surface area contributed by atoms with E-state index in [0.717, 1.165) is 25.7 Å². The van der Waals surface area contributed by atoms with Crippen molar-refractivity contribution in [3.8, 4) is 0 Å². The Labute approximate surface area is 126 Å². The second-order valence-electron chi connectivity index (χ2n) is 5.89. The Kier molecular flexibility index (Phi) is 14.5. The first-order valence-corrected chi connectivity index (χ1v) is 8.92. The Balaban J connectivity index is 3.32. The Morgan fingerprint density at radius 3 is 1.85 bits per heavy atom. The first-order chi connectivity index (χ1) is 9.76. The van der Waals surface area contributed by atoms with Crippen molar-refractivity contribution < 1.29 is 9.53 Å². The van der Waals surface area contributed by atoms with Crippen molar-refractivity contribution in [1.29, 1.82) is 0 Å². The van der Waals surface area contributed by atoms with Crippen LogP contribution in [0.15, 0.2) is 0 Å². The molecule has 2 nitrogen and oxygen atoms in total. The summed E-state index contributed by atoms with van der Waals surface area (Å²) in [5.41, 5.74) is 0. The van der Waals surface area contributed by atoms with Gasteiger partial charge in [-0.1, -0.05) is 78.6 Å². The standard InChI is InChI=1S/C18H36O2/c1-4-7-8-9-10-11-12-13-14-16-20-18(19)17(6-3)15-5-2/h17H,4-16H2,1-3H3. The predicted octanol–water partition coefficient (Wildman–Crippen LogP) is 5.89. The maximum Gasteiger partial charge on any atom is 0.308 e. The molecule has 120 valence electrons. The normalized spacial score (nSPS) is 12.3. The second-order valence-corrected chi connectivity index (χ2v) is 5.89. The van der Waals surface area contributed by atoms with Gasteiger partial charge in [0.15, 0.2) is 0 Å². The van der Waals surface area contributed by atoms with Crippen LogP contribution >= 0.6 is 0 Å². The second kappa shape index (κ2) is 14.9. The minimum atomic E-state index is 0.0221. The van der Waals surface area contributed by atoms with Crippen LogP contribution in [0.3, 0.4) is 0 Å². The summed E-state index contributed by atoms with van der Waals surface area (Å²) in [4.78, 5) is 11.8. The van der Waals surface area contributed by atoms with Crippen LogP contribution in [-0.4, -0.2) is 12.6 Å². The van der Waals surface area contributed by atoms with E-state index in [2.05, 4.69) is 20.8 Å². The molecule has 0 aliphatic rings. The molecule has 0 aromatic rings. The molecule has 0 aliphatic heterocycles. The van der Waals surface area contributed by atoms with E-state index in [0.29, 0.717) is 6.61 Å². The molecule has 0 rings (SSSR count). The lowest BCUT2D eigenvalue weighted by Crippen LogP contribution is -2.17. The number of rotatable bonds is 14. The monoisotopic (exact) mass is 284 g/mol. The van der Waals surface area contributed by atoms with Gasteiger partial charge in [-0.3, -0.25) is 4.79 Å². The van der Waals surface area contributed by atoms with Gasteiger partial charge in [0.1, 0.15) is 0 Å². The number of unbranched alkanes of at least 4 members (excludes halogenated alkanes) is 8. The molecule has 2 heteroatoms. The number of hydrogen-bond donors (Lipinski definition) is 0. The zero-order valence-electron chi connectivity index (χ0n) is 14.1. The van der Waals surface area contributed by atoms with Crippen molar-refractivity contribution in [2.45, 2.75) is 97.8 Å². The molecule has 0 N–H and O–H groups in total. The Bertz CT molecular complexity index is 213. The predicted molar refractivity (Wildman–Crippen MR) is 86.9 cm³/mol. The third-order valence-corrected chi connectivity index (χ3v) is 3.96. The van der Waals surface area contributed by atoms with Gasteiger partial charge in [-0.2, -0.15) is 0 Å². The van der Waals surface area contributed by atoms with Gasteiger partial charge in [-0.25, -0.2) is 0 Å². The zero-order valence-corrected chi connectivity index (χ0v) is 14.1. The van der Waals surface area contributed by atoms with E-state index >= 15 is 0 Å². The molecule has 20 heavy (non-hydrogen) atoms. The minimum Gasteiger partial charge on any atom is -0.465 e. The molecule has 0 aliphatic carbocycles. The summed E-state index contributed by atoms with van der Waals surface area (Å²) >= 11 is 0. The van der Waals surface area contributed by atoms with Gasteiger partial charge in [0, 0.05) is 0 Å². The number of carbonyl (C=O) groups excluding carboxylic acids is 1. The van der Waals surface area contributed by atoms with Crippen molar-refractivity contribution in [2.75, 3.05) is 6.61 Å². The fourth-order valence-corrected chi connectivity index (χ4v) is 2.54. The summed E-state index contributed by atoms with van der Waals surface area (Å²) in [5.74, 6) is 0.146. The van der Waals surface area contributed by atoms with Gasteiger partial charge in [-0.15, -0.1) is 0 Å². The lowest BCUT2D eigenvalue weighted by molar-refractivity contribution is -0.149. The van der Waals surface area contributed by atoms with Gasteiger partial charge in [0.05, 0.1) is 12.5 Å². The molecule has 0 aromatic heterocycles. The molecule has 0 fully saturated rings. The maximum absolute atomic E-state index is 11.8. The average molecular weight is 284 g/mol. The first kappa shape index (κ1) is 19.5. The van der Waals surface area contributed by atoms with Gasteiger partial charge >= 0.3 is 5.97 Å². The van der Waals surface area contributed by atoms with E-state index in [4.69, 9.17) is 4.74 Å². The van der Waals surface area contributed by atoms with Crippen LogP contribution < -0.4 is 0 Å². The summed E-state index contributed by atoms with van der Waals surface area (Å²) in [6, 6.07) is 0. The van der Waals surface area contributed by atoms with Crippen molar-refractivity contribution in [2.24, 2.45) is 5.92 Å². The van der Waals surface area contributed by atoms with Crippen molar-refractivity contribution in [3.63, 3.8) is 0 Å². The maximum atomic E-state index is 11.8. The molecular weight excluding hydrogens is 248 g/mol. The third kappa shape index (κ3) is 11.3. The lowest BCUT2D eigenvalue weighted by Gasteiger charge is -2.12. The molecular formula is C18H36O2. The Morgan fingerprint density at radius 1 is 0.800 bits per heavy atom. The number of hydrogen-bond acceptors (Lipinski definition) is 2. The summed E-state index contributed by atoms with van der Waals surface area (Å²) in [6.07, 6.45) is 14.6. The van der Waals surface area contributed by atoms with Crippen molar-refractivity contribution >= 4 is 5.97 Å². The van der Waals surface area contributed by atoms with Crippen LogP contribution in [0.4, 0.5) is 0 Å². The molecule has 1 atom stereocenters. The highest BCUT2D eigenvalue weighted by molar-refractivity contribution is 5.72. The van der Waals surface area contributed by atoms with E-state index in [9.17, 15) is 4.79 Å². The van der Waals surface area contributed by atoms with Crippen LogP contribution in [0.5, 0.6) is 0 Å². The van der Waals surface area contributed by atoms with Crippen LogP contribution in [0, 0.1) is 5.92 Å². The Morgan fingerprint density at radius 2 is 1.35 bits per heavy atom. The SMILES string of the molecule is CCCCCCCCCCCOC(=O)C(CC)CCC. The molecule has 1 unspecified atom stereocenters. The molecule has 0 heterocycles. The Hall–Kier alpha value is -0.530. The minimum absolute atomic E-state index is 0.0221. The highest BCUT2D eigenvalue weighted by Gasteiger charge is 2.16. The first-order valence-electron chi connectivity index (χ1n) is 8.92. The van der Waals surface area contributed by atoms with E-state index in [1.54, 1.807) is 0 Å². The number of esters is 1. The zero-order chi connectivity index (χ0) is 15.1. The van der Waals surface area contributed by atoms with E-state index < -0.39 is 0 Å². The van der Waals surface area contributed by atoms with E-state index in [1.807, 2.05) is 0 Å². The van der Waals surface area contributed by atoms with Crippen LogP contribution in [0.1, 0.15) is 97.8 Å². The van der Waals surface area contributed by atoms with Crippen LogP contribution in [0.25, 0.3) is 0 Å². The largest absolute Gasteiger partial charge is 0.465 e. The highest BCUT2D eigenvalue weighted by atomic mass is 16.5. The highest BCUT2D eigenvalue weighted by Crippen LogP contribution is 2.13. The number of carbonyl (C=O) groups is 1. The molecule has 0 spiro atoms. The summed E-state index contributed by atoms with van der Waals surface area (Å²) in [7, 11) is 0. The fourth-order valence-electron chi connectivity index (χ4n) is 2.54. The molecule has 0 bridgehead atoms. The third-order valence-electron chi connectivity index (χ3n) is 3.96.